The SMILES string of the molecule is CC(C)(C)OC(=O)N[C@@H](CCCCNC(=O)OCc1ccccc1)C(=O)NCCCCCNc1c2c(nc3ccccc13)CCCC2. The molecule has 2 aromatic carbocycles. The summed E-state index contributed by atoms with van der Waals surface area (Å²) < 4.78 is 10.6. The first kappa shape index (κ1) is 35.5. The van der Waals surface area contributed by atoms with Crippen LogP contribution in [0.15, 0.2) is 54.6 Å². The zero-order valence-corrected chi connectivity index (χ0v) is 28.2. The summed E-state index contributed by atoms with van der Waals surface area (Å²) in [5, 5.41) is 13.3. The largest absolute Gasteiger partial charge is 0.445 e. The molecule has 3 amide bonds. The average molecular weight is 646 g/mol. The second-order valence-corrected chi connectivity index (χ2v) is 13.1. The van der Waals surface area contributed by atoms with Crippen molar-refractivity contribution in [3.63, 3.8) is 0 Å². The standard InChI is InChI=1S/C37H51N5O5/c1-37(2,3)47-36(45)42-32(22-12-15-25-40-35(44)46-26-27-16-6-4-7-17-27)34(43)39-24-14-5-13-23-38-33-28-18-8-10-20-30(28)41-31-21-11-9-19-29(31)33/h4,6-8,10,16-18,20,32H,5,9,11-15,19,21-26H2,1-3H3,(H,38,41)(H,39,43)(H,40,44)(H,42,45)/t32-/m0/s1. The van der Waals surface area contributed by atoms with Gasteiger partial charge in [-0.2, -0.15) is 0 Å². The molecule has 254 valence electrons. The first-order valence-corrected chi connectivity index (χ1v) is 17.1. The molecule has 1 aromatic heterocycles. The van der Waals surface area contributed by atoms with Crippen molar-refractivity contribution in [2.75, 3.05) is 25.0 Å². The first-order valence-electron chi connectivity index (χ1n) is 17.1. The number of nitrogens with zero attached hydrogens (tertiary/aromatic N) is 1. The van der Waals surface area contributed by atoms with E-state index >= 15 is 0 Å². The smallest absolute Gasteiger partial charge is 0.408 e. The van der Waals surface area contributed by atoms with E-state index in [2.05, 4.69) is 39.5 Å². The number of carbonyl (C=O) groups excluding carboxylic acids is 3. The number of fused-ring (bicyclic) bond motifs is 2. The molecule has 0 unspecified atom stereocenters. The van der Waals surface area contributed by atoms with Gasteiger partial charge >= 0.3 is 12.2 Å². The highest BCUT2D eigenvalue weighted by atomic mass is 16.6. The number of benzene rings is 2. The number of hydrogen-bond acceptors (Lipinski definition) is 7. The number of nitrogens with one attached hydrogen (secondary N) is 4. The Balaban J connectivity index is 1.17. The van der Waals surface area contributed by atoms with E-state index < -0.39 is 23.8 Å². The molecule has 4 N–H and O–H groups in total. The van der Waals surface area contributed by atoms with Gasteiger partial charge in [0.2, 0.25) is 5.91 Å². The van der Waals surface area contributed by atoms with Crippen LogP contribution in [0.25, 0.3) is 10.9 Å². The molecule has 47 heavy (non-hydrogen) atoms. The van der Waals surface area contributed by atoms with Gasteiger partial charge in [0.25, 0.3) is 0 Å². The van der Waals surface area contributed by atoms with Gasteiger partial charge in [0.05, 0.1) is 5.52 Å². The summed E-state index contributed by atoms with van der Waals surface area (Å²) in [6.07, 6.45) is 7.81. The number of aromatic nitrogens is 1. The highest BCUT2D eigenvalue weighted by Crippen LogP contribution is 2.33. The number of anilines is 1. The molecule has 0 radical (unpaired) electrons. The van der Waals surface area contributed by atoms with Gasteiger partial charge in [0, 0.05) is 36.4 Å². The lowest BCUT2D eigenvalue weighted by Crippen LogP contribution is -2.48. The van der Waals surface area contributed by atoms with Crippen molar-refractivity contribution in [3.8, 4) is 0 Å². The summed E-state index contributed by atoms with van der Waals surface area (Å²) >= 11 is 0. The van der Waals surface area contributed by atoms with Gasteiger partial charge in [0.1, 0.15) is 18.2 Å². The van der Waals surface area contributed by atoms with Crippen molar-refractivity contribution in [2.24, 2.45) is 0 Å². The molecule has 0 bridgehead atoms. The van der Waals surface area contributed by atoms with E-state index in [0.717, 1.165) is 49.7 Å². The lowest BCUT2D eigenvalue weighted by molar-refractivity contribution is -0.123. The van der Waals surface area contributed by atoms with Crippen LogP contribution < -0.4 is 21.3 Å². The summed E-state index contributed by atoms with van der Waals surface area (Å²) in [4.78, 5) is 42.5. The van der Waals surface area contributed by atoms with E-state index in [1.165, 1.54) is 35.2 Å². The van der Waals surface area contributed by atoms with Gasteiger partial charge in [0.15, 0.2) is 0 Å². The molecule has 0 saturated carbocycles. The molecule has 1 aliphatic carbocycles. The molecule has 10 nitrogen and oxygen atoms in total. The van der Waals surface area contributed by atoms with Gasteiger partial charge in [-0.3, -0.25) is 9.78 Å². The summed E-state index contributed by atoms with van der Waals surface area (Å²) in [5.74, 6) is -0.237. The van der Waals surface area contributed by atoms with Crippen LogP contribution in [0.4, 0.5) is 15.3 Å². The van der Waals surface area contributed by atoms with Crippen molar-refractivity contribution in [1.82, 2.24) is 20.9 Å². The Morgan fingerprint density at radius 2 is 1.51 bits per heavy atom. The van der Waals surface area contributed by atoms with E-state index in [0.29, 0.717) is 32.4 Å². The molecule has 0 spiro atoms. The normalized spacial score (nSPS) is 13.3. The third kappa shape index (κ3) is 12.1. The number of rotatable bonds is 16. The first-order chi connectivity index (χ1) is 22.7. The fourth-order valence-corrected chi connectivity index (χ4v) is 5.71. The fraction of sp³-hybridized carbons (Fsp3) is 0.514. The molecule has 1 heterocycles. The number of ether oxygens (including phenoxy) is 2. The monoisotopic (exact) mass is 645 g/mol. The highest BCUT2D eigenvalue weighted by Gasteiger charge is 2.24. The number of carbonyl (C=O) groups is 3. The predicted molar refractivity (Wildman–Crippen MR) is 185 cm³/mol. The molecular weight excluding hydrogens is 594 g/mol. The van der Waals surface area contributed by atoms with E-state index in [1.807, 2.05) is 36.4 Å². The molecular formula is C37H51N5O5. The Bertz CT molecular complexity index is 1460. The third-order valence-electron chi connectivity index (χ3n) is 8.03. The molecule has 0 fully saturated rings. The van der Waals surface area contributed by atoms with E-state index in [1.54, 1.807) is 20.8 Å². The van der Waals surface area contributed by atoms with Crippen molar-refractivity contribution < 1.29 is 23.9 Å². The maximum Gasteiger partial charge on any atom is 0.408 e. The van der Waals surface area contributed by atoms with Crippen LogP contribution >= 0.6 is 0 Å². The number of aryl methyl sites for hydroxylation is 1. The van der Waals surface area contributed by atoms with Crippen LogP contribution in [0.2, 0.25) is 0 Å². The molecule has 0 saturated heterocycles. The lowest BCUT2D eigenvalue weighted by atomic mass is 9.92. The molecule has 4 rings (SSSR count). The molecule has 1 atom stereocenters. The molecule has 10 heteroatoms. The Morgan fingerprint density at radius 1 is 0.809 bits per heavy atom. The summed E-state index contributed by atoms with van der Waals surface area (Å²) in [6, 6.07) is 17.1. The minimum atomic E-state index is -0.734. The Kier molecular flexibility index (Phi) is 13.7. The van der Waals surface area contributed by atoms with Crippen molar-refractivity contribution in [2.45, 2.75) is 103 Å². The van der Waals surface area contributed by atoms with Crippen molar-refractivity contribution >= 4 is 34.7 Å². The quantitative estimate of drug-likeness (QED) is 0.126. The predicted octanol–water partition coefficient (Wildman–Crippen LogP) is 6.80. The van der Waals surface area contributed by atoms with Crippen LogP contribution in [-0.4, -0.2) is 54.4 Å². The van der Waals surface area contributed by atoms with Gasteiger partial charge in [-0.05, 0) is 102 Å². The minimum Gasteiger partial charge on any atom is -0.445 e. The maximum absolute atomic E-state index is 13.1. The fourth-order valence-electron chi connectivity index (χ4n) is 5.71. The second kappa shape index (κ2) is 18.1. The van der Waals surface area contributed by atoms with E-state index in [4.69, 9.17) is 14.5 Å². The van der Waals surface area contributed by atoms with Crippen LogP contribution in [0, 0.1) is 0 Å². The highest BCUT2D eigenvalue weighted by molar-refractivity contribution is 5.93. The minimum absolute atomic E-state index is 0.203. The number of para-hydroxylation sites is 1. The topological polar surface area (TPSA) is 131 Å². The van der Waals surface area contributed by atoms with Gasteiger partial charge in [-0.25, -0.2) is 9.59 Å². The molecule has 0 aliphatic heterocycles. The average Bonchev–Trinajstić information content (AvgIpc) is 3.05. The van der Waals surface area contributed by atoms with Crippen LogP contribution in [-0.2, 0) is 33.7 Å². The number of hydrogen-bond donors (Lipinski definition) is 4. The number of amides is 3. The van der Waals surface area contributed by atoms with Crippen LogP contribution in [0.1, 0.15) is 89.0 Å². The Labute approximate surface area is 278 Å². The zero-order valence-electron chi connectivity index (χ0n) is 28.2. The molecule has 1 aliphatic rings. The maximum atomic E-state index is 13.1. The van der Waals surface area contributed by atoms with Gasteiger partial charge < -0.3 is 30.7 Å². The van der Waals surface area contributed by atoms with E-state index in [-0.39, 0.29) is 12.5 Å². The Morgan fingerprint density at radius 3 is 2.32 bits per heavy atom. The van der Waals surface area contributed by atoms with E-state index in [9.17, 15) is 14.4 Å². The van der Waals surface area contributed by atoms with Crippen LogP contribution in [0.3, 0.4) is 0 Å². The second-order valence-electron chi connectivity index (χ2n) is 13.1. The zero-order chi connectivity index (χ0) is 33.5. The third-order valence-corrected chi connectivity index (χ3v) is 8.03. The van der Waals surface area contributed by atoms with Crippen LogP contribution in [0.5, 0.6) is 0 Å². The Hall–Kier alpha value is -4.34. The number of alkyl carbamates (subject to hydrolysis) is 2. The van der Waals surface area contributed by atoms with Crippen molar-refractivity contribution in [1.29, 1.82) is 0 Å². The number of unbranched alkanes of at least 4 members (excludes halogenated alkanes) is 3. The lowest BCUT2D eigenvalue weighted by Gasteiger charge is -2.23. The van der Waals surface area contributed by atoms with Gasteiger partial charge in [-0.1, -0.05) is 48.5 Å². The van der Waals surface area contributed by atoms with Crippen molar-refractivity contribution in [3.05, 3.63) is 71.4 Å². The summed E-state index contributed by atoms with van der Waals surface area (Å²) in [7, 11) is 0. The summed E-state index contributed by atoms with van der Waals surface area (Å²) in [5.41, 5.74) is 5.11. The van der Waals surface area contributed by atoms with Gasteiger partial charge in [-0.15, -0.1) is 0 Å². The number of pyridine rings is 1. The molecule has 3 aromatic rings. The summed E-state index contributed by atoms with van der Waals surface area (Å²) in [6.45, 7) is 7.33.